The molecule has 0 amide bonds. The quantitative estimate of drug-likeness (QED) is 0.323. The van der Waals surface area contributed by atoms with Crippen molar-refractivity contribution in [1.29, 1.82) is 0 Å². The highest BCUT2D eigenvalue weighted by Crippen LogP contribution is 2.36. The lowest BCUT2D eigenvalue weighted by Crippen LogP contribution is -2.50. The molecule has 1 fully saturated rings. The summed E-state index contributed by atoms with van der Waals surface area (Å²) in [7, 11) is 0. The molecule has 0 radical (unpaired) electrons. The van der Waals surface area contributed by atoms with E-state index >= 15 is 0 Å². The normalized spacial score (nSPS) is 18.7. The Hall–Kier alpha value is -4.21. The highest BCUT2D eigenvalue weighted by molar-refractivity contribution is 5.90. The molecular formula is C33H35N4O5+. The van der Waals surface area contributed by atoms with Crippen molar-refractivity contribution in [3.05, 3.63) is 88.6 Å². The minimum absolute atomic E-state index is 0.0399. The summed E-state index contributed by atoms with van der Waals surface area (Å²) >= 11 is 0. The first-order valence-electron chi connectivity index (χ1n) is 14.5. The van der Waals surface area contributed by atoms with Crippen LogP contribution in [-0.2, 0) is 24.3 Å². The fourth-order valence-corrected chi connectivity index (χ4v) is 6.43. The van der Waals surface area contributed by atoms with E-state index in [4.69, 9.17) is 14.2 Å². The highest BCUT2D eigenvalue weighted by atomic mass is 16.5. The van der Waals surface area contributed by atoms with Gasteiger partial charge in [0.2, 0.25) is 6.23 Å². The number of carbonyl (C=O) groups is 1. The van der Waals surface area contributed by atoms with Crippen LogP contribution in [0.4, 0.5) is 0 Å². The lowest BCUT2D eigenvalue weighted by molar-refractivity contribution is -0.740. The summed E-state index contributed by atoms with van der Waals surface area (Å²) in [6.07, 6.45) is 1.92. The van der Waals surface area contributed by atoms with E-state index in [1.165, 1.54) is 22.0 Å². The Morgan fingerprint density at radius 2 is 2.00 bits per heavy atom. The van der Waals surface area contributed by atoms with Crippen LogP contribution >= 0.6 is 0 Å². The first-order chi connectivity index (χ1) is 20.3. The topological polar surface area (TPSA) is 89.9 Å². The average Bonchev–Trinajstić information content (AvgIpc) is 3.40. The molecule has 7 rings (SSSR count). The molecule has 2 aromatic heterocycles. The zero-order chi connectivity index (χ0) is 29.0. The second-order valence-corrected chi connectivity index (χ2v) is 12.0. The van der Waals surface area contributed by atoms with Gasteiger partial charge < -0.3 is 19.3 Å². The Kier molecular flexibility index (Phi) is 6.51. The molecule has 1 atom stereocenters. The largest absolute Gasteiger partial charge is 0.488 e. The summed E-state index contributed by atoms with van der Waals surface area (Å²) in [6.45, 7) is 11.6. The monoisotopic (exact) mass is 567 g/mol. The van der Waals surface area contributed by atoms with Gasteiger partial charge in [0.05, 0.1) is 25.0 Å². The molecule has 0 bridgehead atoms. The van der Waals surface area contributed by atoms with Gasteiger partial charge in [-0.3, -0.25) is 4.90 Å². The van der Waals surface area contributed by atoms with E-state index < -0.39 is 12.2 Å². The third-order valence-electron chi connectivity index (χ3n) is 8.56. The zero-order valence-corrected chi connectivity index (χ0v) is 24.2. The van der Waals surface area contributed by atoms with E-state index in [1.54, 1.807) is 0 Å². The number of para-hydroxylation sites is 1. The van der Waals surface area contributed by atoms with Gasteiger partial charge in [0.15, 0.2) is 5.56 Å². The molecule has 1 N–H and O–H groups in total. The fourth-order valence-electron chi connectivity index (χ4n) is 6.43. The molecule has 1 unspecified atom stereocenters. The number of carboxylic acids is 1. The van der Waals surface area contributed by atoms with E-state index in [1.807, 2.05) is 41.8 Å². The first kappa shape index (κ1) is 26.7. The van der Waals surface area contributed by atoms with Crippen LogP contribution in [0, 0.1) is 12.3 Å². The number of aromatic nitrogens is 3. The number of benzene rings is 2. The number of hydrogen-bond donors (Lipinski definition) is 1. The van der Waals surface area contributed by atoms with E-state index in [2.05, 4.69) is 48.1 Å². The summed E-state index contributed by atoms with van der Waals surface area (Å²) < 4.78 is 21.7. The summed E-state index contributed by atoms with van der Waals surface area (Å²) in [5.74, 6) is 0.696. The van der Waals surface area contributed by atoms with Crippen molar-refractivity contribution >= 4 is 5.97 Å². The molecule has 3 aliphatic heterocycles. The van der Waals surface area contributed by atoms with Gasteiger partial charge in [-0.1, -0.05) is 47.0 Å². The molecule has 9 heteroatoms. The Morgan fingerprint density at radius 1 is 1.17 bits per heavy atom. The van der Waals surface area contributed by atoms with Gasteiger partial charge in [0.1, 0.15) is 18.1 Å². The van der Waals surface area contributed by atoms with Gasteiger partial charge in [-0.25, -0.2) is 4.79 Å². The minimum atomic E-state index is -1.07. The third-order valence-corrected chi connectivity index (χ3v) is 8.56. The summed E-state index contributed by atoms with van der Waals surface area (Å²) in [6, 6.07) is 18.8. The van der Waals surface area contributed by atoms with Crippen LogP contribution in [0.2, 0.25) is 0 Å². The molecule has 42 heavy (non-hydrogen) atoms. The van der Waals surface area contributed by atoms with E-state index in [9.17, 15) is 9.90 Å². The second-order valence-electron chi connectivity index (χ2n) is 12.0. The van der Waals surface area contributed by atoms with Crippen LogP contribution in [0.25, 0.3) is 17.1 Å². The van der Waals surface area contributed by atoms with Crippen LogP contribution in [0.5, 0.6) is 11.6 Å². The molecule has 5 heterocycles. The lowest BCUT2D eigenvalue weighted by atomic mass is 9.87. The van der Waals surface area contributed by atoms with E-state index in [0.717, 1.165) is 73.2 Å². The van der Waals surface area contributed by atoms with Crippen LogP contribution in [-0.4, -0.2) is 52.1 Å². The molecular weight excluding hydrogens is 532 g/mol. The lowest BCUT2D eigenvalue weighted by Gasteiger charge is -2.43. The summed E-state index contributed by atoms with van der Waals surface area (Å²) in [4.78, 5) is 14.3. The van der Waals surface area contributed by atoms with Gasteiger partial charge >= 0.3 is 17.7 Å². The molecule has 0 spiro atoms. The van der Waals surface area contributed by atoms with Gasteiger partial charge in [-0.15, -0.1) is 0 Å². The zero-order valence-electron chi connectivity index (χ0n) is 24.2. The maximum Gasteiger partial charge on any atom is 0.345 e. The van der Waals surface area contributed by atoms with Crippen molar-refractivity contribution in [2.45, 2.75) is 46.6 Å². The van der Waals surface area contributed by atoms with Crippen molar-refractivity contribution in [2.75, 3.05) is 26.3 Å². The van der Waals surface area contributed by atoms with Crippen molar-refractivity contribution in [3.8, 4) is 28.7 Å². The number of ether oxygens (including phenoxy) is 3. The molecule has 1 saturated heterocycles. The highest BCUT2D eigenvalue weighted by Gasteiger charge is 2.38. The van der Waals surface area contributed by atoms with Crippen molar-refractivity contribution in [2.24, 2.45) is 5.41 Å². The van der Waals surface area contributed by atoms with Gasteiger partial charge in [0.25, 0.3) is 0 Å². The molecule has 0 saturated carbocycles. The minimum Gasteiger partial charge on any atom is -0.488 e. The Bertz CT molecular complexity index is 1690. The number of rotatable bonds is 7. The Morgan fingerprint density at radius 3 is 2.79 bits per heavy atom. The maximum absolute atomic E-state index is 11.7. The number of fused-ring (bicyclic) bond motifs is 4. The summed E-state index contributed by atoms with van der Waals surface area (Å²) in [5.41, 5.74) is 7.15. The Balaban J connectivity index is 1.15. The number of aromatic carboxylic acids is 1. The number of hydrogen-bond acceptors (Lipinski definition) is 6. The molecule has 3 aliphatic rings. The smallest absolute Gasteiger partial charge is 0.345 e. The first-order valence-corrected chi connectivity index (χ1v) is 14.5. The van der Waals surface area contributed by atoms with Crippen LogP contribution in [0.1, 0.15) is 52.7 Å². The van der Waals surface area contributed by atoms with Crippen molar-refractivity contribution < 1.29 is 28.7 Å². The number of nitrogens with zero attached hydrogens (tertiary/aromatic N) is 4. The fraction of sp³-hybridized carbons (Fsp3) is 0.364. The van der Waals surface area contributed by atoms with Gasteiger partial charge in [-0.2, -0.15) is 4.57 Å². The number of carboxylic acid groups (broad SMARTS) is 1. The van der Waals surface area contributed by atoms with Crippen molar-refractivity contribution in [3.63, 3.8) is 0 Å². The summed E-state index contributed by atoms with van der Waals surface area (Å²) in [5, 5.41) is 13.9. The second kappa shape index (κ2) is 10.3. The molecule has 2 aromatic carbocycles. The third kappa shape index (κ3) is 4.62. The van der Waals surface area contributed by atoms with E-state index in [0.29, 0.717) is 12.0 Å². The predicted octanol–water partition coefficient (Wildman–Crippen LogP) is 4.72. The molecule has 4 aromatic rings. The Labute approximate surface area is 244 Å². The maximum atomic E-state index is 11.7. The standard InChI is InChI=1S/C33H34N4O5/c1-21-6-4-7-26(28-8-5-9-29-36(28)22(2)42-31-27(32(38)39)15-34-37(29)31)30(21)41-17-23-10-11-25-16-35(13-12-24(25)14-23)18-33(3)19-40-20-33/h4-11,14-15,22H,12-13,16-20H2,1-3H3/p+1. The number of pyridine rings is 1. The molecule has 0 aliphatic carbocycles. The SMILES string of the molecule is Cc1cccc(-c2cccc3[n+]2C(C)Oc2c(C(=O)O)cnn2-3)c1OCc1ccc2c(c1)CCN(CC1(C)COC1)C2. The van der Waals surface area contributed by atoms with Crippen LogP contribution < -0.4 is 14.0 Å². The number of aryl methyl sites for hydroxylation is 1. The molecule has 216 valence electrons. The van der Waals surface area contributed by atoms with E-state index in [-0.39, 0.29) is 11.4 Å². The van der Waals surface area contributed by atoms with Gasteiger partial charge in [0, 0.05) is 38.0 Å². The molecule has 9 nitrogen and oxygen atoms in total. The van der Waals surface area contributed by atoms with Gasteiger partial charge in [-0.05, 0) is 53.8 Å². The average molecular weight is 568 g/mol. The predicted molar refractivity (Wildman–Crippen MR) is 155 cm³/mol. The van der Waals surface area contributed by atoms with Crippen LogP contribution in [0.15, 0.2) is 60.8 Å². The van der Waals surface area contributed by atoms with Crippen LogP contribution in [0.3, 0.4) is 0 Å². The van der Waals surface area contributed by atoms with Crippen molar-refractivity contribution in [1.82, 2.24) is 14.7 Å².